The highest BCUT2D eigenvalue weighted by molar-refractivity contribution is 7.11. The number of aliphatic hydroxyl groups excluding tert-OH is 1. The Labute approximate surface area is 195 Å². The van der Waals surface area contributed by atoms with Gasteiger partial charge in [0.25, 0.3) is 0 Å². The fraction of sp³-hybridized carbons (Fsp3) is 0.208. The van der Waals surface area contributed by atoms with Crippen LogP contribution in [-0.2, 0) is 4.74 Å². The van der Waals surface area contributed by atoms with Crippen molar-refractivity contribution in [2.45, 2.75) is 13.8 Å². The monoisotopic (exact) mass is 467 g/mol. The summed E-state index contributed by atoms with van der Waals surface area (Å²) in [5.41, 5.74) is 3.24. The number of halogens is 1. The van der Waals surface area contributed by atoms with Crippen LogP contribution in [0.2, 0.25) is 5.02 Å². The first-order valence-corrected chi connectivity index (χ1v) is 11.4. The number of nitrogens with one attached hydrogen (secondary N) is 1. The van der Waals surface area contributed by atoms with Crippen molar-refractivity contribution in [1.82, 2.24) is 4.98 Å². The lowest BCUT2D eigenvalue weighted by Crippen LogP contribution is -2.26. The Kier molecular flexibility index (Phi) is 6.30. The second-order valence-corrected chi connectivity index (χ2v) is 9.13. The Morgan fingerprint density at radius 1 is 1.22 bits per heavy atom. The fourth-order valence-electron chi connectivity index (χ4n) is 3.27. The number of anilines is 1. The zero-order valence-corrected chi connectivity index (χ0v) is 19.2. The molecule has 0 spiro atoms. The summed E-state index contributed by atoms with van der Waals surface area (Å²) in [7, 11) is 0. The van der Waals surface area contributed by atoms with Gasteiger partial charge in [0.15, 0.2) is 0 Å². The van der Waals surface area contributed by atoms with Crippen LogP contribution in [0.25, 0.3) is 16.8 Å². The van der Waals surface area contributed by atoms with E-state index in [1.807, 2.05) is 31.4 Å². The average molecular weight is 468 g/mol. The summed E-state index contributed by atoms with van der Waals surface area (Å²) in [6.45, 7) is 4.49. The maximum Gasteiger partial charge on any atom is 0.338 e. The third-order valence-electron chi connectivity index (χ3n) is 4.92. The van der Waals surface area contributed by atoms with Gasteiger partial charge in [-0.05, 0) is 42.3 Å². The quantitative estimate of drug-likeness (QED) is 0.431. The Balaban J connectivity index is 1.50. The van der Waals surface area contributed by atoms with E-state index in [4.69, 9.17) is 21.7 Å². The van der Waals surface area contributed by atoms with Crippen LogP contribution in [0, 0.1) is 11.3 Å². The van der Waals surface area contributed by atoms with E-state index in [0.717, 1.165) is 11.3 Å². The number of aromatic nitrogens is 1. The number of esters is 1. The van der Waals surface area contributed by atoms with Crippen molar-refractivity contribution in [3.05, 3.63) is 75.3 Å². The van der Waals surface area contributed by atoms with Crippen molar-refractivity contribution in [3.8, 4) is 11.3 Å². The van der Waals surface area contributed by atoms with Crippen LogP contribution in [0.15, 0.2) is 59.7 Å². The standard InChI is InChI=1S/C24H22ClN3O3S/c1-14(2)12-31-24(30)16-5-9-18(10-6-16)28-11-20(29)21(22(28)26)23-27-19(13-32-23)15-3-7-17(25)8-4-15/h3-10,13-14,26,29H,11-12H2,1-2H3. The predicted octanol–water partition coefficient (Wildman–Crippen LogP) is 6.04. The van der Waals surface area contributed by atoms with E-state index >= 15 is 0 Å². The van der Waals surface area contributed by atoms with Gasteiger partial charge < -0.3 is 14.7 Å². The summed E-state index contributed by atoms with van der Waals surface area (Å²) in [4.78, 5) is 18.4. The molecule has 0 bridgehead atoms. The molecular formula is C24H22ClN3O3S. The Morgan fingerprint density at radius 2 is 1.91 bits per heavy atom. The number of thiazole rings is 1. The number of hydrogen-bond acceptors (Lipinski definition) is 6. The van der Waals surface area contributed by atoms with Crippen LogP contribution in [-0.4, -0.2) is 35.0 Å². The SMILES string of the molecule is CC(C)COC(=O)c1ccc(N2CC(O)=C(c3nc(-c4ccc(Cl)cc4)cs3)C2=N)cc1. The van der Waals surface area contributed by atoms with Crippen molar-refractivity contribution in [2.75, 3.05) is 18.1 Å². The third-order valence-corrected chi connectivity index (χ3v) is 6.04. The minimum atomic E-state index is -0.374. The molecule has 0 aliphatic carbocycles. The molecule has 4 rings (SSSR count). The number of carbonyl (C=O) groups excluding carboxylic acids is 1. The second kappa shape index (κ2) is 9.14. The molecule has 0 fully saturated rings. The second-order valence-electron chi connectivity index (χ2n) is 7.84. The average Bonchev–Trinajstić information content (AvgIpc) is 3.36. The molecule has 1 aliphatic heterocycles. The normalized spacial score (nSPS) is 13.9. The van der Waals surface area contributed by atoms with E-state index in [2.05, 4.69) is 4.98 Å². The molecule has 32 heavy (non-hydrogen) atoms. The minimum Gasteiger partial charge on any atom is -0.510 e. The molecule has 2 aromatic carbocycles. The first-order valence-electron chi connectivity index (χ1n) is 10.1. The minimum absolute atomic E-state index is 0.0902. The Hall–Kier alpha value is -3.16. The van der Waals surface area contributed by atoms with Crippen molar-refractivity contribution in [1.29, 1.82) is 5.41 Å². The third kappa shape index (κ3) is 4.54. The van der Waals surface area contributed by atoms with E-state index in [1.165, 1.54) is 11.3 Å². The maximum atomic E-state index is 12.1. The van der Waals surface area contributed by atoms with Gasteiger partial charge in [0.1, 0.15) is 16.6 Å². The van der Waals surface area contributed by atoms with Crippen molar-refractivity contribution in [3.63, 3.8) is 0 Å². The topological polar surface area (TPSA) is 86.5 Å². The molecule has 0 amide bonds. The predicted molar refractivity (Wildman–Crippen MR) is 129 cm³/mol. The summed E-state index contributed by atoms with van der Waals surface area (Å²) in [6, 6.07) is 14.2. The highest BCUT2D eigenvalue weighted by Gasteiger charge is 2.31. The summed E-state index contributed by atoms with van der Waals surface area (Å²) in [6.07, 6.45) is 0. The fourth-order valence-corrected chi connectivity index (χ4v) is 4.29. The zero-order valence-electron chi connectivity index (χ0n) is 17.6. The lowest BCUT2D eigenvalue weighted by molar-refractivity contribution is 0.0459. The van der Waals surface area contributed by atoms with Gasteiger partial charge in [-0.3, -0.25) is 5.41 Å². The first kappa shape index (κ1) is 22.0. The first-order chi connectivity index (χ1) is 15.3. The van der Waals surface area contributed by atoms with Crippen molar-refractivity contribution in [2.24, 2.45) is 5.92 Å². The zero-order chi connectivity index (χ0) is 22.8. The van der Waals surface area contributed by atoms with Crippen molar-refractivity contribution >= 4 is 46.0 Å². The molecular weight excluding hydrogens is 446 g/mol. The van der Waals surface area contributed by atoms with Gasteiger partial charge in [-0.1, -0.05) is 37.6 Å². The molecule has 1 aliphatic rings. The lowest BCUT2D eigenvalue weighted by Gasteiger charge is -2.19. The van der Waals surface area contributed by atoms with Crippen LogP contribution in [0.5, 0.6) is 0 Å². The van der Waals surface area contributed by atoms with Gasteiger partial charge in [0, 0.05) is 21.7 Å². The van der Waals surface area contributed by atoms with E-state index < -0.39 is 0 Å². The summed E-state index contributed by atoms with van der Waals surface area (Å²) in [5.74, 6) is 0.143. The maximum absolute atomic E-state index is 12.1. The largest absolute Gasteiger partial charge is 0.510 e. The van der Waals surface area contributed by atoms with Gasteiger partial charge >= 0.3 is 5.97 Å². The summed E-state index contributed by atoms with van der Waals surface area (Å²) in [5, 5.41) is 22.3. The van der Waals surface area contributed by atoms with E-state index in [1.54, 1.807) is 41.3 Å². The molecule has 6 nitrogen and oxygen atoms in total. The van der Waals surface area contributed by atoms with Crippen LogP contribution in [0.3, 0.4) is 0 Å². The van der Waals surface area contributed by atoms with Crippen LogP contribution >= 0.6 is 22.9 Å². The van der Waals surface area contributed by atoms with Crippen LogP contribution < -0.4 is 4.90 Å². The number of carbonyl (C=O) groups is 1. The van der Waals surface area contributed by atoms with Gasteiger partial charge in [-0.15, -0.1) is 11.3 Å². The molecule has 8 heteroatoms. The van der Waals surface area contributed by atoms with Gasteiger partial charge in [-0.25, -0.2) is 9.78 Å². The molecule has 0 saturated heterocycles. The molecule has 0 saturated carbocycles. The van der Waals surface area contributed by atoms with Crippen LogP contribution in [0.4, 0.5) is 5.69 Å². The summed E-state index contributed by atoms with van der Waals surface area (Å²) < 4.78 is 5.26. The van der Waals surface area contributed by atoms with Crippen molar-refractivity contribution < 1.29 is 14.6 Å². The number of benzene rings is 2. The van der Waals surface area contributed by atoms with Gasteiger partial charge in [0.05, 0.1) is 30.0 Å². The molecule has 0 radical (unpaired) electrons. The number of hydrogen-bond donors (Lipinski definition) is 2. The van der Waals surface area contributed by atoms with Gasteiger partial charge in [0.2, 0.25) is 0 Å². The highest BCUT2D eigenvalue weighted by Crippen LogP contribution is 2.34. The summed E-state index contributed by atoms with van der Waals surface area (Å²) >= 11 is 7.33. The lowest BCUT2D eigenvalue weighted by atomic mass is 10.2. The van der Waals surface area contributed by atoms with Crippen LogP contribution in [0.1, 0.15) is 29.2 Å². The Morgan fingerprint density at radius 3 is 2.56 bits per heavy atom. The Bertz CT molecular complexity index is 1180. The molecule has 0 atom stereocenters. The van der Waals surface area contributed by atoms with E-state index in [-0.39, 0.29) is 30.0 Å². The smallest absolute Gasteiger partial charge is 0.338 e. The number of rotatable bonds is 6. The number of nitrogens with zero attached hydrogens (tertiary/aromatic N) is 2. The number of aliphatic hydroxyl groups is 1. The molecule has 2 N–H and O–H groups in total. The molecule has 0 unspecified atom stereocenters. The molecule has 1 aromatic heterocycles. The number of amidine groups is 1. The molecule has 164 valence electrons. The highest BCUT2D eigenvalue weighted by atomic mass is 35.5. The molecule has 3 aromatic rings. The van der Waals surface area contributed by atoms with E-state index in [9.17, 15) is 9.90 Å². The van der Waals surface area contributed by atoms with Gasteiger partial charge in [-0.2, -0.15) is 0 Å². The number of ether oxygens (including phenoxy) is 1. The van der Waals surface area contributed by atoms with E-state index in [0.29, 0.717) is 33.5 Å². The molecule has 2 heterocycles.